The zero-order valence-corrected chi connectivity index (χ0v) is 12.1. The highest BCUT2D eigenvalue weighted by Crippen LogP contribution is 2.28. The molecule has 0 aromatic heterocycles. The molecular formula is C14H23NO4. The van der Waals surface area contributed by atoms with E-state index in [4.69, 9.17) is 9.47 Å². The van der Waals surface area contributed by atoms with E-state index in [-0.39, 0.29) is 12.0 Å². The molecule has 1 rings (SSSR count). The lowest BCUT2D eigenvalue weighted by molar-refractivity contribution is -0.148. The average molecular weight is 269 g/mol. The summed E-state index contributed by atoms with van der Waals surface area (Å²) in [6.45, 7) is 11.1. The van der Waals surface area contributed by atoms with Crippen LogP contribution < -0.4 is 0 Å². The van der Waals surface area contributed by atoms with Gasteiger partial charge in [-0.3, -0.25) is 4.90 Å². The van der Waals surface area contributed by atoms with Crippen molar-refractivity contribution in [3.8, 4) is 0 Å². The summed E-state index contributed by atoms with van der Waals surface area (Å²) in [6, 6.07) is -0.748. The molecule has 0 bridgehead atoms. The number of amides is 1. The molecule has 5 nitrogen and oxygen atoms in total. The summed E-state index contributed by atoms with van der Waals surface area (Å²) in [6.07, 6.45) is 2.46. The molecule has 0 aliphatic carbocycles. The Morgan fingerprint density at radius 3 is 2.47 bits per heavy atom. The first-order valence-corrected chi connectivity index (χ1v) is 6.60. The standard InChI is InChI=1S/C14H23NO4/c1-6-10-8-9-11(12(16)18-7-2)15(10)13(17)19-14(3,4)5/h6,10-11H,1,7-9H2,2-5H3/t10?,11-/m0/s1. The first-order valence-electron chi connectivity index (χ1n) is 6.60. The summed E-state index contributed by atoms with van der Waals surface area (Å²) in [5, 5.41) is 0. The van der Waals surface area contributed by atoms with Crippen LogP contribution in [-0.4, -0.2) is 41.3 Å². The van der Waals surface area contributed by atoms with Gasteiger partial charge in [-0.25, -0.2) is 9.59 Å². The van der Waals surface area contributed by atoms with Gasteiger partial charge in [-0.2, -0.15) is 0 Å². The minimum Gasteiger partial charge on any atom is -0.464 e. The quantitative estimate of drug-likeness (QED) is 0.583. The Bertz CT molecular complexity index is 359. The highest BCUT2D eigenvalue weighted by molar-refractivity contribution is 5.82. The van der Waals surface area contributed by atoms with Gasteiger partial charge in [0.2, 0.25) is 0 Å². The van der Waals surface area contributed by atoms with Gasteiger partial charge in [-0.15, -0.1) is 6.58 Å². The number of nitrogens with zero attached hydrogens (tertiary/aromatic N) is 1. The van der Waals surface area contributed by atoms with Gasteiger partial charge in [0.1, 0.15) is 11.6 Å². The first-order chi connectivity index (χ1) is 8.80. The van der Waals surface area contributed by atoms with Crippen LogP contribution in [0.15, 0.2) is 12.7 Å². The lowest BCUT2D eigenvalue weighted by Crippen LogP contribution is -2.47. The molecule has 5 heteroatoms. The number of rotatable bonds is 3. The van der Waals surface area contributed by atoms with Gasteiger partial charge in [0.05, 0.1) is 12.6 Å². The Balaban J connectivity index is 2.85. The number of carbonyl (C=O) groups is 2. The van der Waals surface area contributed by atoms with Crippen molar-refractivity contribution in [1.82, 2.24) is 4.90 Å². The van der Waals surface area contributed by atoms with Gasteiger partial charge >= 0.3 is 12.1 Å². The molecule has 19 heavy (non-hydrogen) atoms. The molecule has 0 aromatic carbocycles. The zero-order valence-electron chi connectivity index (χ0n) is 12.1. The molecule has 0 radical (unpaired) electrons. The second-order valence-electron chi connectivity index (χ2n) is 5.54. The molecule has 1 saturated heterocycles. The number of likely N-dealkylation sites (tertiary alicyclic amines) is 1. The lowest BCUT2D eigenvalue weighted by atomic mass is 10.2. The van der Waals surface area contributed by atoms with Crippen LogP contribution in [-0.2, 0) is 14.3 Å². The fraction of sp³-hybridized carbons (Fsp3) is 0.714. The number of esters is 1. The predicted octanol–water partition coefficient (Wildman–Crippen LogP) is 2.50. The van der Waals surface area contributed by atoms with Gasteiger partial charge in [-0.05, 0) is 40.5 Å². The summed E-state index contributed by atoms with van der Waals surface area (Å²) in [7, 11) is 0. The molecule has 108 valence electrons. The van der Waals surface area contributed by atoms with E-state index in [1.54, 1.807) is 33.8 Å². The highest BCUT2D eigenvalue weighted by Gasteiger charge is 2.42. The van der Waals surface area contributed by atoms with Crippen molar-refractivity contribution in [3.05, 3.63) is 12.7 Å². The van der Waals surface area contributed by atoms with E-state index in [2.05, 4.69) is 6.58 Å². The summed E-state index contributed by atoms with van der Waals surface area (Å²) in [5.41, 5.74) is -0.593. The molecule has 1 aliphatic heterocycles. The van der Waals surface area contributed by atoms with E-state index in [1.807, 2.05) is 0 Å². The van der Waals surface area contributed by atoms with Crippen molar-refractivity contribution in [3.63, 3.8) is 0 Å². The molecular weight excluding hydrogens is 246 g/mol. The number of ether oxygens (including phenoxy) is 2. The maximum absolute atomic E-state index is 12.2. The predicted molar refractivity (Wildman–Crippen MR) is 71.7 cm³/mol. The van der Waals surface area contributed by atoms with Crippen molar-refractivity contribution in [2.24, 2.45) is 0 Å². The van der Waals surface area contributed by atoms with Crippen molar-refractivity contribution < 1.29 is 19.1 Å². The monoisotopic (exact) mass is 269 g/mol. The van der Waals surface area contributed by atoms with Crippen molar-refractivity contribution in [2.45, 2.75) is 58.2 Å². The number of hydrogen-bond donors (Lipinski definition) is 0. The van der Waals surface area contributed by atoms with Gasteiger partial charge in [0, 0.05) is 0 Å². The Kier molecular flexibility index (Phi) is 4.97. The summed E-state index contributed by atoms with van der Waals surface area (Å²) < 4.78 is 10.4. The van der Waals surface area contributed by atoms with E-state index in [1.165, 1.54) is 4.90 Å². The van der Waals surface area contributed by atoms with Gasteiger partial charge in [-0.1, -0.05) is 6.08 Å². The van der Waals surface area contributed by atoms with Crippen LogP contribution in [0.4, 0.5) is 4.79 Å². The van der Waals surface area contributed by atoms with Crippen LogP contribution in [0.25, 0.3) is 0 Å². The van der Waals surface area contributed by atoms with Crippen LogP contribution in [0.1, 0.15) is 40.5 Å². The SMILES string of the molecule is C=CC1CC[C@@H](C(=O)OCC)N1C(=O)OC(C)(C)C. The molecule has 1 unspecified atom stereocenters. The smallest absolute Gasteiger partial charge is 0.411 e. The van der Waals surface area contributed by atoms with E-state index in [0.717, 1.165) is 0 Å². The fourth-order valence-electron chi connectivity index (χ4n) is 2.12. The van der Waals surface area contributed by atoms with Crippen LogP contribution in [0.5, 0.6) is 0 Å². The van der Waals surface area contributed by atoms with E-state index in [9.17, 15) is 9.59 Å². The third-order valence-corrected chi connectivity index (χ3v) is 2.86. The summed E-state index contributed by atoms with van der Waals surface area (Å²) in [5.74, 6) is -0.377. The molecule has 1 amide bonds. The Morgan fingerprint density at radius 2 is 2.00 bits per heavy atom. The lowest BCUT2D eigenvalue weighted by Gasteiger charge is -2.30. The molecule has 1 heterocycles. The largest absolute Gasteiger partial charge is 0.464 e. The maximum atomic E-state index is 12.2. The average Bonchev–Trinajstić information content (AvgIpc) is 2.70. The highest BCUT2D eigenvalue weighted by atomic mass is 16.6. The normalized spacial score (nSPS) is 23.1. The third kappa shape index (κ3) is 3.98. The molecule has 2 atom stereocenters. The van der Waals surface area contributed by atoms with Crippen molar-refractivity contribution in [1.29, 1.82) is 0 Å². The van der Waals surface area contributed by atoms with Crippen LogP contribution in [0.3, 0.4) is 0 Å². The summed E-state index contributed by atoms with van der Waals surface area (Å²) in [4.78, 5) is 25.5. The summed E-state index contributed by atoms with van der Waals surface area (Å²) >= 11 is 0. The topological polar surface area (TPSA) is 55.8 Å². The van der Waals surface area contributed by atoms with Gasteiger partial charge in [0.15, 0.2) is 0 Å². The molecule has 0 saturated carbocycles. The zero-order chi connectivity index (χ0) is 14.6. The minimum absolute atomic E-state index is 0.177. The minimum atomic E-state index is -0.593. The number of carbonyl (C=O) groups excluding carboxylic acids is 2. The second-order valence-corrected chi connectivity index (χ2v) is 5.54. The Labute approximate surface area is 114 Å². The molecule has 1 aliphatic rings. The van der Waals surface area contributed by atoms with E-state index in [0.29, 0.717) is 19.4 Å². The Morgan fingerprint density at radius 1 is 1.37 bits per heavy atom. The third-order valence-electron chi connectivity index (χ3n) is 2.86. The Hall–Kier alpha value is -1.52. The van der Waals surface area contributed by atoms with Crippen molar-refractivity contribution in [2.75, 3.05) is 6.61 Å². The fourth-order valence-corrected chi connectivity index (χ4v) is 2.12. The van der Waals surface area contributed by atoms with Gasteiger partial charge in [0.25, 0.3) is 0 Å². The van der Waals surface area contributed by atoms with Crippen LogP contribution >= 0.6 is 0 Å². The van der Waals surface area contributed by atoms with Crippen LogP contribution in [0, 0.1) is 0 Å². The second kappa shape index (κ2) is 6.08. The van der Waals surface area contributed by atoms with Crippen molar-refractivity contribution >= 4 is 12.1 Å². The molecule has 0 N–H and O–H groups in total. The molecule has 1 fully saturated rings. The van der Waals surface area contributed by atoms with E-state index >= 15 is 0 Å². The number of hydrogen-bond acceptors (Lipinski definition) is 4. The van der Waals surface area contributed by atoms with E-state index < -0.39 is 17.7 Å². The first kappa shape index (κ1) is 15.5. The molecule has 0 aromatic rings. The maximum Gasteiger partial charge on any atom is 0.411 e. The molecule has 0 spiro atoms. The van der Waals surface area contributed by atoms with Crippen LogP contribution in [0.2, 0.25) is 0 Å². The van der Waals surface area contributed by atoms with Gasteiger partial charge < -0.3 is 9.47 Å².